The van der Waals surface area contributed by atoms with Crippen LogP contribution in [0.25, 0.3) is 0 Å². The molecule has 0 amide bonds. The van der Waals surface area contributed by atoms with Gasteiger partial charge in [0.15, 0.2) is 5.96 Å². The number of aliphatic imine (C=N–C) groups is 1. The molecule has 2 heterocycles. The lowest BCUT2D eigenvalue weighted by Crippen LogP contribution is -2.45. The Labute approximate surface area is 168 Å². The number of benzene rings is 1. The molecule has 2 N–H and O–H groups in total. The highest BCUT2D eigenvalue weighted by Gasteiger charge is 2.30. The molecule has 0 bridgehead atoms. The Morgan fingerprint density at radius 3 is 2.79 bits per heavy atom. The fourth-order valence-electron chi connectivity index (χ4n) is 4.49. The molecule has 2 aromatic rings. The van der Waals surface area contributed by atoms with Crippen molar-refractivity contribution in [1.82, 2.24) is 25.1 Å². The van der Waals surface area contributed by atoms with Gasteiger partial charge < -0.3 is 15.2 Å². The molecule has 1 aliphatic carbocycles. The van der Waals surface area contributed by atoms with Gasteiger partial charge >= 0.3 is 0 Å². The topological polar surface area (TPSA) is 57.5 Å². The summed E-state index contributed by atoms with van der Waals surface area (Å²) in [4.78, 5) is 11.6. The molecular formula is C22H32N6. The number of nitrogens with one attached hydrogen (secondary N) is 2. The predicted octanol–water partition coefficient (Wildman–Crippen LogP) is 2.61. The molecule has 1 saturated heterocycles. The number of imidazole rings is 1. The second-order valence-corrected chi connectivity index (χ2v) is 7.95. The lowest BCUT2D eigenvalue weighted by molar-refractivity contribution is 0.242. The zero-order valence-corrected chi connectivity index (χ0v) is 16.8. The molecule has 6 nitrogen and oxygen atoms in total. The van der Waals surface area contributed by atoms with E-state index in [2.05, 4.69) is 54.3 Å². The van der Waals surface area contributed by atoms with Crippen LogP contribution in [0.2, 0.25) is 0 Å². The minimum Gasteiger partial charge on any atom is -0.352 e. The largest absolute Gasteiger partial charge is 0.352 e. The van der Waals surface area contributed by atoms with E-state index >= 15 is 0 Å². The van der Waals surface area contributed by atoms with Crippen LogP contribution >= 0.6 is 0 Å². The van der Waals surface area contributed by atoms with Crippen LogP contribution in [0.15, 0.2) is 47.7 Å². The zero-order valence-electron chi connectivity index (χ0n) is 16.8. The summed E-state index contributed by atoms with van der Waals surface area (Å²) in [6.07, 6.45) is 10.7. The average molecular weight is 381 g/mol. The molecular weight excluding hydrogens is 348 g/mol. The molecule has 2 fully saturated rings. The second-order valence-electron chi connectivity index (χ2n) is 7.95. The maximum Gasteiger partial charge on any atom is 0.191 e. The fourth-order valence-corrected chi connectivity index (χ4v) is 4.49. The number of guanidine groups is 1. The van der Waals surface area contributed by atoms with E-state index in [9.17, 15) is 0 Å². The lowest BCUT2D eigenvalue weighted by Gasteiger charge is -2.24. The van der Waals surface area contributed by atoms with Crippen molar-refractivity contribution >= 4 is 5.96 Å². The van der Waals surface area contributed by atoms with E-state index in [0.29, 0.717) is 12.6 Å². The molecule has 1 aliphatic heterocycles. The highest BCUT2D eigenvalue weighted by atomic mass is 15.3. The number of likely N-dealkylation sites (tertiary alicyclic amines) is 1. The van der Waals surface area contributed by atoms with Crippen molar-refractivity contribution in [2.75, 3.05) is 20.1 Å². The quantitative estimate of drug-likeness (QED) is 0.597. The van der Waals surface area contributed by atoms with Gasteiger partial charge in [-0.25, -0.2) is 4.98 Å². The SMILES string of the molecule is CN=C(NCc1nccn1Cc1ccccc1)NC1CCN(C2CCCC2)C1. The monoisotopic (exact) mass is 380 g/mol. The van der Waals surface area contributed by atoms with Gasteiger partial charge in [0, 0.05) is 51.2 Å². The number of hydrogen-bond acceptors (Lipinski definition) is 3. The molecule has 0 spiro atoms. The predicted molar refractivity (Wildman–Crippen MR) is 113 cm³/mol. The van der Waals surface area contributed by atoms with Crippen LogP contribution in [0.1, 0.15) is 43.5 Å². The first-order valence-corrected chi connectivity index (χ1v) is 10.6. The Bertz CT molecular complexity index is 762. The molecule has 1 aromatic heterocycles. The highest BCUT2D eigenvalue weighted by molar-refractivity contribution is 5.79. The van der Waals surface area contributed by atoms with Crippen molar-refractivity contribution in [3.8, 4) is 0 Å². The summed E-state index contributed by atoms with van der Waals surface area (Å²) in [5.41, 5.74) is 1.28. The van der Waals surface area contributed by atoms with Gasteiger partial charge in [-0.3, -0.25) is 9.89 Å². The van der Waals surface area contributed by atoms with E-state index in [-0.39, 0.29) is 0 Å². The number of aromatic nitrogens is 2. The minimum absolute atomic E-state index is 0.482. The van der Waals surface area contributed by atoms with E-state index in [4.69, 9.17) is 0 Å². The van der Waals surface area contributed by atoms with Gasteiger partial charge in [-0.2, -0.15) is 0 Å². The number of hydrogen-bond donors (Lipinski definition) is 2. The molecule has 1 saturated carbocycles. The first-order valence-electron chi connectivity index (χ1n) is 10.6. The van der Waals surface area contributed by atoms with Crippen molar-refractivity contribution in [2.45, 2.75) is 57.3 Å². The standard InChI is InChI=1S/C22H32N6/c1-23-22(26-19-11-13-27(17-19)20-9-5-6-10-20)25-15-21-24-12-14-28(21)16-18-7-3-2-4-8-18/h2-4,7-8,12,14,19-20H,5-6,9-11,13,15-17H2,1H3,(H2,23,25,26). The van der Waals surface area contributed by atoms with Crippen molar-refractivity contribution in [2.24, 2.45) is 4.99 Å². The Kier molecular flexibility index (Phi) is 6.27. The van der Waals surface area contributed by atoms with Crippen LogP contribution < -0.4 is 10.6 Å². The van der Waals surface area contributed by atoms with Crippen LogP contribution in [0.3, 0.4) is 0 Å². The van der Waals surface area contributed by atoms with Crippen molar-refractivity contribution < 1.29 is 0 Å². The molecule has 150 valence electrons. The summed E-state index contributed by atoms with van der Waals surface area (Å²) in [6.45, 7) is 3.84. The smallest absolute Gasteiger partial charge is 0.191 e. The first-order chi connectivity index (χ1) is 13.8. The van der Waals surface area contributed by atoms with Crippen LogP contribution in [-0.2, 0) is 13.1 Å². The van der Waals surface area contributed by atoms with Crippen LogP contribution in [0.5, 0.6) is 0 Å². The Morgan fingerprint density at radius 2 is 2.00 bits per heavy atom. The molecule has 4 rings (SSSR count). The van der Waals surface area contributed by atoms with E-state index in [0.717, 1.165) is 30.9 Å². The highest BCUT2D eigenvalue weighted by Crippen LogP contribution is 2.26. The van der Waals surface area contributed by atoms with E-state index < -0.39 is 0 Å². The number of nitrogens with zero attached hydrogens (tertiary/aromatic N) is 4. The summed E-state index contributed by atoms with van der Waals surface area (Å²) in [6, 6.07) is 11.8. The first kappa shape index (κ1) is 19.0. The summed E-state index contributed by atoms with van der Waals surface area (Å²) < 4.78 is 2.19. The van der Waals surface area contributed by atoms with Crippen LogP contribution in [0, 0.1) is 0 Å². The van der Waals surface area contributed by atoms with Gasteiger partial charge in [0.1, 0.15) is 5.82 Å². The number of rotatable bonds is 6. The van der Waals surface area contributed by atoms with Crippen molar-refractivity contribution in [3.05, 3.63) is 54.1 Å². The summed E-state index contributed by atoms with van der Waals surface area (Å²) in [5.74, 6) is 1.89. The molecule has 28 heavy (non-hydrogen) atoms. The summed E-state index contributed by atoms with van der Waals surface area (Å²) >= 11 is 0. The van der Waals surface area contributed by atoms with Crippen molar-refractivity contribution in [1.29, 1.82) is 0 Å². The molecule has 2 aliphatic rings. The third kappa shape index (κ3) is 4.73. The molecule has 0 radical (unpaired) electrons. The zero-order chi connectivity index (χ0) is 19.2. The normalized spacial score (nSPS) is 21.3. The van der Waals surface area contributed by atoms with Gasteiger partial charge in [-0.05, 0) is 24.8 Å². The van der Waals surface area contributed by atoms with Gasteiger partial charge in [-0.1, -0.05) is 43.2 Å². The van der Waals surface area contributed by atoms with Gasteiger partial charge in [0.25, 0.3) is 0 Å². The average Bonchev–Trinajstić information content (AvgIpc) is 3.48. The van der Waals surface area contributed by atoms with Gasteiger partial charge in [0.2, 0.25) is 0 Å². The van der Waals surface area contributed by atoms with Gasteiger partial charge in [-0.15, -0.1) is 0 Å². The van der Waals surface area contributed by atoms with E-state index in [1.54, 1.807) is 0 Å². The minimum atomic E-state index is 0.482. The third-order valence-electron chi connectivity index (χ3n) is 6.04. The van der Waals surface area contributed by atoms with Gasteiger partial charge in [0.05, 0.1) is 6.54 Å². The molecule has 6 heteroatoms. The second kappa shape index (κ2) is 9.24. The maximum atomic E-state index is 4.52. The Morgan fingerprint density at radius 1 is 1.18 bits per heavy atom. The molecule has 1 atom stereocenters. The summed E-state index contributed by atoms with van der Waals surface area (Å²) in [7, 11) is 1.84. The Balaban J connectivity index is 1.28. The maximum absolute atomic E-state index is 4.52. The molecule has 1 aromatic carbocycles. The van der Waals surface area contributed by atoms with Crippen LogP contribution in [-0.4, -0.2) is 52.6 Å². The molecule has 1 unspecified atom stereocenters. The van der Waals surface area contributed by atoms with Crippen LogP contribution in [0.4, 0.5) is 0 Å². The lowest BCUT2D eigenvalue weighted by atomic mass is 10.2. The Hall–Kier alpha value is -2.34. The van der Waals surface area contributed by atoms with E-state index in [1.807, 2.05) is 25.5 Å². The van der Waals surface area contributed by atoms with E-state index in [1.165, 1.54) is 44.2 Å². The van der Waals surface area contributed by atoms with Crippen molar-refractivity contribution in [3.63, 3.8) is 0 Å². The fraction of sp³-hybridized carbons (Fsp3) is 0.545. The summed E-state index contributed by atoms with van der Waals surface area (Å²) in [5, 5.41) is 7.06. The third-order valence-corrected chi connectivity index (χ3v) is 6.04.